The molecule has 21 heavy (non-hydrogen) atoms. The van der Waals surface area contributed by atoms with E-state index >= 15 is 0 Å². The quantitative estimate of drug-likeness (QED) is 0.795. The SMILES string of the molecule is C[C@]1(c2ccccc2)NC(=O)N(C[NH+]2CCCCC2)C1=O. The highest BCUT2D eigenvalue weighted by atomic mass is 16.2. The van der Waals surface area contributed by atoms with Crippen LogP contribution in [0.4, 0.5) is 4.79 Å². The molecule has 0 aromatic heterocycles. The number of quaternary nitrogens is 1. The molecule has 112 valence electrons. The number of imide groups is 1. The predicted molar refractivity (Wildman–Crippen MR) is 78.6 cm³/mol. The Labute approximate surface area is 124 Å². The van der Waals surface area contributed by atoms with Crippen LogP contribution in [0.15, 0.2) is 30.3 Å². The van der Waals surface area contributed by atoms with Crippen molar-refractivity contribution in [2.24, 2.45) is 0 Å². The van der Waals surface area contributed by atoms with Gasteiger partial charge < -0.3 is 10.2 Å². The van der Waals surface area contributed by atoms with Crippen molar-refractivity contribution in [2.45, 2.75) is 31.7 Å². The number of carbonyl (C=O) groups excluding carboxylic acids is 2. The second-order valence-corrected chi connectivity index (χ2v) is 6.12. The Morgan fingerprint density at radius 1 is 1.14 bits per heavy atom. The molecular formula is C16H22N3O2+. The summed E-state index contributed by atoms with van der Waals surface area (Å²) < 4.78 is 0. The van der Waals surface area contributed by atoms with Gasteiger partial charge in [-0.25, -0.2) is 9.69 Å². The van der Waals surface area contributed by atoms with Gasteiger partial charge in [0.1, 0.15) is 5.54 Å². The van der Waals surface area contributed by atoms with Gasteiger partial charge in [0.05, 0.1) is 13.1 Å². The molecule has 3 amide bonds. The van der Waals surface area contributed by atoms with Crippen molar-refractivity contribution in [1.29, 1.82) is 0 Å². The molecule has 0 saturated carbocycles. The van der Waals surface area contributed by atoms with Gasteiger partial charge in [0.15, 0.2) is 6.67 Å². The van der Waals surface area contributed by atoms with E-state index < -0.39 is 5.54 Å². The summed E-state index contributed by atoms with van der Waals surface area (Å²) >= 11 is 0. The molecule has 1 aromatic carbocycles. The Morgan fingerprint density at radius 2 is 1.81 bits per heavy atom. The molecule has 0 bridgehead atoms. The van der Waals surface area contributed by atoms with Crippen molar-refractivity contribution in [2.75, 3.05) is 19.8 Å². The maximum atomic E-state index is 12.7. The average molecular weight is 288 g/mol. The number of nitrogens with one attached hydrogen (secondary N) is 2. The Balaban J connectivity index is 1.78. The summed E-state index contributed by atoms with van der Waals surface area (Å²) in [6, 6.07) is 9.18. The number of rotatable bonds is 3. The monoisotopic (exact) mass is 288 g/mol. The summed E-state index contributed by atoms with van der Waals surface area (Å²) in [7, 11) is 0. The Morgan fingerprint density at radius 3 is 2.48 bits per heavy atom. The van der Waals surface area contributed by atoms with Crippen LogP contribution >= 0.6 is 0 Å². The van der Waals surface area contributed by atoms with E-state index in [-0.39, 0.29) is 11.9 Å². The number of piperidine rings is 1. The minimum atomic E-state index is -0.937. The minimum Gasteiger partial charge on any atom is -0.319 e. The van der Waals surface area contributed by atoms with E-state index in [0.29, 0.717) is 6.67 Å². The van der Waals surface area contributed by atoms with Crippen LogP contribution in [0.25, 0.3) is 0 Å². The summed E-state index contributed by atoms with van der Waals surface area (Å²) in [5.41, 5.74) is -0.104. The van der Waals surface area contributed by atoms with E-state index in [1.54, 1.807) is 6.92 Å². The standard InChI is InChI=1S/C16H21N3O2/c1-16(13-8-4-2-5-9-13)14(20)19(15(21)17-16)12-18-10-6-3-7-11-18/h2,4-5,8-9H,3,6-7,10-12H2,1H3,(H,17,21)/p+1/t16-/m1/s1. The van der Waals surface area contributed by atoms with Gasteiger partial charge in [-0.15, -0.1) is 0 Å². The van der Waals surface area contributed by atoms with Crippen molar-refractivity contribution in [3.05, 3.63) is 35.9 Å². The highest BCUT2D eigenvalue weighted by Gasteiger charge is 2.50. The zero-order valence-corrected chi connectivity index (χ0v) is 12.4. The fourth-order valence-corrected chi connectivity index (χ4v) is 3.24. The number of amides is 3. The van der Waals surface area contributed by atoms with Crippen LogP contribution < -0.4 is 10.2 Å². The van der Waals surface area contributed by atoms with Crippen molar-refractivity contribution in [1.82, 2.24) is 10.2 Å². The lowest BCUT2D eigenvalue weighted by molar-refractivity contribution is -0.912. The van der Waals surface area contributed by atoms with Crippen molar-refractivity contribution in [3.8, 4) is 0 Å². The first-order valence-corrected chi connectivity index (χ1v) is 7.64. The van der Waals surface area contributed by atoms with Crippen LogP contribution in [0.1, 0.15) is 31.7 Å². The molecule has 2 N–H and O–H groups in total. The number of benzene rings is 1. The van der Waals surface area contributed by atoms with Gasteiger partial charge in [-0.1, -0.05) is 30.3 Å². The van der Waals surface area contributed by atoms with Crippen LogP contribution in [0.5, 0.6) is 0 Å². The number of nitrogens with zero attached hydrogens (tertiary/aromatic N) is 1. The molecule has 5 nitrogen and oxygen atoms in total. The van der Waals surface area contributed by atoms with E-state index in [9.17, 15) is 9.59 Å². The van der Waals surface area contributed by atoms with E-state index in [1.807, 2.05) is 30.3 Å². The summed E-state index contributed by atoms with van der Waals surface area (Å²) in [6.45, 7) is 4.35. The Hall–Kier alpha value is -1.88. The van der Waals surface area contributed by atoms with Crippen LogP contribution in [0.3, 0.4) is 0 Å². The van der Waals surface area contributed by atoms with Crippen LogP contribution in [-0.2, 0) is 10.3 Å². The third-order valence-corrected chi connectivity index (χ3v) is 4.57. The van der Waals surface area contributed by atoms with E-state index in [0.717, 1.165) is 18.7 Å². The molecule has 0 unspecified atom stereocenters. The van der Waals surface area contributed by atoms with Crippen molar-refractivity contribution < 1.29 is 14.5 Å². The van der Waals surface area contributed by atoms with Gasteiger partial charge in [-0.2, -0.15) is 0 Å². The molecule has 2 fully saturated rings. The summed E-state index contributed by atoms with van der Waals surface area (Å²) in [5.74, 6) is -0.142. The van der Waals surface area contributed by atoms with Gasteiger partial charge in [-0.3, -0.25) is 4.79 Å². The molecule has 2 aliphatic heterocycles. The zero-order chi connectivity index (χ0) is 14.9. The summed E-state index contributed by atoms with van der Waals surface area (Å²) in [5, 5.41) is 2.86. The van der Waals surface area contributed by atoms with Gasteiger partial charge in [-0.05, 0) is 31.7 Å². The van der Waals surface area contributed by atoms with Gasteiger partial charge >= 0.3 is 6.03 Å². The first-order chi connectivity index (χ1) is 10.1. The van der Waals surface area contributed by atoms with E-state index in [2.05, 4.69) is 5.32 Å². The lowest BCUT2D eigenvalue weighted by Gasteiger charge is -2.27. The molecule has 1 aromatic rings. The molecule has 0 radical (unpaired) electrons. The maximum absolute atomic E-state index is 12.7. The number of likely N-dealkylation sites (tertiary alicyclic amines) is 1. The van der Waals surface area contributed by atoms with Crippen molar-refractivity contribution in [3.63, 3.8) is 0 Å². The maximum Gasteiger partial charge on any atom is 0.329 e. The van der Waals surface area contributed by atoms with Gasteiger partial charge in [0.25, 0.3) is 5.91 Å². The number of carbonyl (C=O) groups is 2. The molecule has 5 heteroatoms. The fourth-order valence-electron chi connectivity index (χ4n) is 3.24. The van der Waals surface area contributed by atoms with E-state index in [1.165, 1.54) is 29.1 Å². The second-order valence-electron chi connectivity index (χ2n) is 6.12. The normalized spacial score (nSPS) is 27.0. The third kappa shape index (κ3) is 2.53. The lowest BCUT2D eigenvalue weighted by atomic mass is 9.92. The van der Waals surface area contributed by atoms with Crippen molar-refractivity contribution >= 4 is 11.9 Å². The lowest BCUT2D eigenvalue weighted by Crippen LogP contribution is -3.14. The molecule has 2 aliphatic rings. The molecule has 3 rings (SSSR count). The second kappa shape index (κ2) is 5.48. The molecule has 2 heterocycles. The number of hydrogen-bond donors (Lipinski definition) is 2. The highest BCUT2D eigenvalue weighted by Crippen LogP contribution is 2.27. The third-order valence-electron chi connectivity index (χ3n) is 4.57. The first kappa shape index (κ1) is 14.1. The Bertz CT molecular complexity index is 540. The Kier molecular flexibility index (Phi) is 3.68. The smallest absolute Gasteiger partial charge is 0.319 e. The highest BCUT2D eigenvalue weighted by molar-refractivity contribution is 6.07. The largest absolute Gasteiger partial charge is 0.329 e. The topological polar surface area (TPSA) is 53.9 Å². The number of hydrogen-bond acceptors (Lipinski definition) is 2. The van der Waals surface area contributed by atoms with Gasteiger partial charge in [0, 0.05) is 0 Å². The minimum absolute atomic E-state index is 0.142. The molecule has 1 atom stereocenters. The molecule has 0 aliphatic carbocycles. The van der Waals surface area contributed by atoms with E-state index in [4.69, 9.17) is 0 Å². The van der Waals surface area contributed by atoms with Crippen LogP contribution in [-0.4, -0.2) is 36.6 Å². The molecule has 0 spiro atoms. The number of urea groups is 1. The summed E-state index contributed by atoms with van der Waals surface area (Å²) in [6.07, 6.45) is 3.61. The molecule has 2 saturated heterocycles. The fraction of sp³-hybridized carbons (Fsp3) is 0.500. The van der Waals surface area contributed by atoms with Gasteiger partial charge in [0.2, 0.25) is 0 Å². The predicted octanol–water partition coefficient (Wildman–Crippen LogP) is 0.480. The van der Waals surface area contributed by atoms with Crippen LogP contribution in [0, 0.1) is 0 Å². The average Bonchev–Trinajstić information content (AvgIpc) is 2.74. The molecular weight excluding hydrogens is 266 g/mol. The first-order valence-electron chi connectivity index (χ1n) is 7.64. The van der Waals surface area contributed by atoms with Crippen LogP contribution in [0.2, 0.25) is 0 Å². The summed E-state index contributed by atoms with van der Waals surface area (Å²) in [4.78, 5) is 27.7. The zero-order valence-electron chi connectivity index (χ0n) is 12.4.